The third-order valence-corrected chi connectivity index (χ3v) is 4.54. The summed E-state index contributed by atoms with van der Waals surface area (Å²) in [6.07, 6.45) is 0. The molecule has 1 atom stereocenters. The van der Waals surface area contributed by atoms with Crippen LogP contribution in [0.15, 0.2) is 0 Å². The molecule has 0 heterocycles. The molecule has 2 nitrogen and oxygen atoms in total. The molecule has 0 saturated heterocycles. The Morgan fingerprint density at radius 3 is 1.90 bits per heavy atom. The minimum Gasteiger partial charge on any atom is -0.395 e. The van der Waals surface area contributed by atoms with E-state index in [-0.39, 0.29) is 6.61 Å². The Labute approximate surface area is 64.9 Å². The summed E-state index contributed by atoms with van der Waals surface area (Å²) in [5.41, 5.74) is 0. The molecule has 0 aromatic carbocycles. The van der Waals surface area contributed by atoms with Gasteiger partial charge in [0.1, 0.15) is 8.24 Å². The van der Waals surface area contributed by atoms with Crippen LogP contribution in [-0.4, -0.2) is 37.6 Å². The van der Waals surface area contributed by atoms with Gasteiger partial charge in [-0.05, 0) is 14.0 Å². The molecule has 10 heavy (non-hydrogen) atoms. The highest BCUT2D eigenvalue weighted by molar-refractivity contribution is 6.73. The second-order valence-corrected chi connectivity index (χ2v) is 8.86. The van der Waals surface area contributed by atoms with E-state index in [9.17, 15) is 0 Å². The van der Waals surface area contributed by atoms with Crippen molar-refractivity contribution >= 4 is 8.24 Å². The first-order valence-electron chi connectivity index (χ1n) is 3.73. The Hall–Kier alpha value is 0.137. The zero-order valence-electron chi connectivity index (χ0n) is 7.68. The van der Waals surface area contributed by atoms with Gasteiger partial charge in [-0.25, -0.2) is 0 Å². The highest BCUT2D eigenvalue weighted by Gasteiger charge is 2.23. The number of aliphatic hydroxyl groups is 1. The van der Waals surface area contributed by atoms with Gasteiger partial charge in [-0.1, -0.05) is 19.6 Å². The number of hydrogen-bond donors (Lipinski definition) is 1. The minimum absolute atomic E-state index is 0.265. The molecular weight excluding hydrogens is 142 g/mol. The third kappa shape index (κ3) is 2.81. The molecule has 0 fully saturated rings. The molecule has 0 aromatic heterocycles. The van der Waals surface area contributed by atoms with E-state index in [1.807, 2.05) is 0 Å². The topological polar surface area (TPSA) is 23.5 Å². The number of likely N-dealkylation sites (N-methyl/N-ethyl adjacent to an activating group) is 1. The summed E-state index contributed by atoms with van der Waals surface area (Å²) in [6.45, 7) is 9.15. The largest absolute Gasteiger partial charge is 0.395 e. The van der Waals surface area contributed by atoms with Gasteiger partial charge in [-0.3, -0.25) is 0 Å². The molecule has 0 amide bonds. The fourth-order valence-electron chi connectivity index (χ4n) is 0.784. The van der Waals surface area contributed by atoms with Crippen molar-refractivity contribution < 1.29 is 5.11 Å². The van der Waals surface area contributed by atoms with Crippen molar-refractivity contribution in [1.29, 1.82) is 0 Å². The Balaban J connectivity index is 3.94. The molecule has 0 bridgehead atoms. The van der Waals surface area contributed by atoms with Gasteiger partial charge in [-0.15, -0.1) is 0 Å². The molecule has 0 aromatic rings. The third-order valence-electron chi connectivity index (χ3n) is 1.98. The summed E-state index contributed by atoms with van der Waals surface area (Å²) in [7, 11) is 0.919. The van der Waals surface area contributed by atoms with Gasteiger partial charge in [0.2, 0.25) is 0 Å². The van der Waals surface area contributed by atoms with Crippen LogP contribution in [0.2, 0.25) is 19.6 Å². The van der Waals surface area contributed by atoms with Crippen molar-refractivity contribution in [2.75, 3.05) is 13.7 Å². The van der Waals surface area contributed by atoms with Crippen molar-refractivity contribution in [3.63, 3.8) is 0 Å². The second-order valence-electron chi connectivity index (χ2n) is 3.81. The monoisotopic (exact) mass is 161 g/mol. The molecule has 0 rings (SSSR count). The van der Waals surface area contributed by atoms with E-state index in [1.165, 1.54) is 0 Å². The zero-order valence-corrected chi connectivity index (χ0v) is 8.68. The molecule has 62 valence electrons. The van der Waals surface area contributed by atoms with E-state index in [0.717, 1.165) is 0 Å². The van der Waals surface area contributed by atoms with Crippen LogP contribution in [0.3, 0.4) is 0 Å². The second kappa shape index (κ2) is 3.51. The van der Waals surface area contributed by atoms with Crippen molar-refractivity contribution in [1.82, 2.24) is 4.57 Å². The van der Waals surface area contributed by atoms with Crippen LogP contribution in [-0.2, 0) is 0 Å². The average molecular weight is 161 g/mol. The normalized spacial score (nSPS) is 15.9. The van der Waals surface area contributed by atoms with E-state index in [1.54, 1.807) is 0 Å². The van der Waals surface area contributed by atoms with Crippen LogP contribution >= 0.6 is 0 Å². The number of nitrogens with zero attached hydrogens (tertiary/aromatic N) is 1. The average Bonchev–Trinajstić information content (AvgIpc) is 1.83. The summed E-state index contributed by atoms with van der Waals surface area (Å²) >= 11 is 0. The maximum Gasteiger partial charge on any atom is 0.119 e. The van der Waals surface area contributed by atoms with Gasteiger partial charge in [0.25, 0.3) is 0 Å². The zero-order chi connectivity index (χ0) is 8.36. The van der Waals surface area contributed by atoms with Crippen LogP contribution in [0.4, 0.5) is 0 Å². The van der Waals surface area contributed by atoms with E-state index >= 15 is 0 Å². The molecule has 1 unspecified atom stereocenters. The molecule has 0 radical (unpaired) electrons. The lowest BCUT2D eigenvalue weighted by molar-refractivity contribution is 0.210. The van der Waals surface area contributed by atoms with Gasteiger partial charge in [0, 0.05) is 6.04 Å². The molecule has 0 aliphatic rings. The fraction of sp³-hybridized carbons (Fsp3) is 1.00. The lowest BCUT2D eigenvalue weighted by atomic mass is 10.4. The van der Waals surface area contributed by atoms with Crippen molar-refractivity contribution in [3.05, 3.63) is 0 Å². The molecule has 1 N–H and O–H groups in total. The Kier molecular flexibility index (Phi) is 3.55. The molecular formula is C7H19NOSi. The van der Waals surface area contributed by atoms with E-state index in [2.05, 4.69) is 38.2 Å². The SMILES string of the molecule is CC(CO)N(C)[Si](C)(C)C. The van der Waals surface area contributed by atoms with Gasteiger partial charge in [-0.2, -0.15) is 0 Å². The lowest BCUT2D eigenvalue weighted by Crippen LogP contribution is -2.49. The number of aliphatic hydroxyl groups excluding tert-OH is 1. The summed E-state index contributed by atoms with van der Waals surface area (Å²) in [4.78, 5) is 0. The molecule has 0 aliphatic heterocycles. The molecule has 0 saturated carbocycles. The van der Waals surface area contributed by atoms with E-state index in [4.69, 9.17) is 5.11 Å². The smallest absolute Gasteiger partial charge is 0.119 e. The first-order chi connectivity index (χ1) is 4.39. The molecule has 0 spiro atoms. The number of rotatable bonds is 3. The predicted octanol–water partition coefficient (Wildman–Crippen LogP) is 1.13. The van der Waals surface area contributed by atoms with Crippen molar-refractivity contribution in [2.45, 2.75) is 32.6 Å². The first-order valence-corrected chi connectivity index (χ1v) is 7.18. The summed E-state index contributed by atoms with van der Waals surface area (Å²) < 4.78 is 2.30. The van der Waals surface area contributed by atoms with Crippen molar-refractivity contribution in [2.24, 2.45) is 0 Å². The summed E-state index contributed by atoms with van der Waals surface area (Å²) in [5, 5.41) is 8.85. The Morgan fingerprint density at radius 1 is 1.40 bits per heavy atom. The van der Waals surface area contributed by atoms with E-state index < -0.39 is 8.24 Å². The van der Waals surface area contributed by atoms with Crippen LogP contribution in [0.1, 0.15) is 6.92 Å². The maximum absolute atomic E-state index is 8.85. The maximum atomic E-state index is 8.85. The van der Waals surface area contributed by atoms with Crippen LogP contribution in [0.25, 0.3) is 0 Å². The fourth-order valence-corrected chi connectivity index (χ4v) is 2.19. The minimum atomic E-state index is -1.17. The molecule has 0 aliphatic carbocycles. The lowest BCUT2D eigenvalue weighted by Gasteiger charge is -2.34. The molecule has 3 heteroatoms. The highest BCUT2D eigenvalue weighted by atomic mass is 28.3. The quantitative estimate of drug-likeness (QED) is 0.627. The van der Waals surface area contributed by atoms with Crippen LogP contribution in [0.5, 0.6) is 0 Å². The van der Waals surface area contributed by atoms with Crippen LogP contribution < -0.4 is 0 Å². The Bertz CT molecular complexity index is 100. The summed E-state index contributed by atoms with van der Waals surface area (Å²) in [5.74, 6) is 0. The standard InChI is InChI=1S/C7H19NOSi/c1-7(6-9)8(2)10(3,4)5/h7,9H,6H2,1-5H3. The van der Waals surface area contributed by atoms with Crippen molar-refractivity contribution in [3.8, 4) is 0 Å². The highest BCUT2D eigenvalue weighted by Crippen LogP contribution is 2.09. The van der Waals surface area contributed by atoms with E-state index in [0.29, 0.717) is 6.04 Å². The Morgan fingerprint density at radius 2 is 1.80 bits per heavy atom. The number of hydrogen-bond acceptors (Lipinski definition) is 2. The van der Waals surface area contributed by atoms with Gasteiger partial charge in [0.05, 0.1) is 6.61 Å². The first kappa shape index (κ1) is 10.1. The summed E-state index contributed by atoms with van der Waals surface area (Å²) in [6, 6.07) is 0.312. The van der Waals surface area contributed by atoms with Gasteiger partial charge >= 0.3 is 0 Å². The van der Waals surface area contributed by atoms with Gasteiger partial charge in [0.15, 0.2) is 0 Å². The van der Waals surface area contributed by atoms with Crippen LogP contribution in [0, 0.1) is 0 Å². The van der Waals surface area contributed by atoms with Gasteiger partial charge < -0.3 is 9.67 Å². The predicted molar refractivity (Wildman–Crippen MR) is 47.7 cm³/mol.